The lowest BCUT2D eigenvalue weighted by atomic mass is 9.95. The van der Waals surface area contributed by atoms with Gasteiger partial charge in [-0.15, -0.1) is 0 Å². The molecule has 1 rings (SSSR count). The number of carbonyl (C=O) groups excluding carboxylic acids is 1. The van der Waals surface area contributed by atoms with Crippen molar-refractivity contribution in [3.05, 3.63) is 0 Å². The van der Waals surface area contributed by atoms with Crippen molar-refractivity contribution in [1.29, 1.82) is 0 Å². The first-order valence-electron chi connectivity index (χ1n) is 5.68. The summed E-state index contributed by atoms with van der Waals surface area (Å²) in [5, 5.41) is 3.91. The molecule has 1 saturated heterocycles. The molecule has 1 aliphatic heterocycles. The van der Waals surface area contributed by atoms with Gasteiger partial charge in [0.05, 0.1) is 19.8 Å². The van der Waals surface area contributed by atoms with Crippen molar-refractivity contribution in [1.82, 2.24) is 5.32 Å². The molecule has 1 N–H and O–H groups in total. The van der Waals surface area contributed by atoms with E-state index < -0.39 is 6.10 Å². The van der Waals surface area contributed by atoms with Crippen molar-refractivity contribution in [2.45, 2.75) is 38.3 Å². The van der Waals surface area contributed by atoms with Gasteiger partial charge in [-0.2, -0.15) is 0 Å². The van der Waals surface area contributed by atoms with Crippen LogP contribution in [0.5, 0.6) is 0 Å². The molecule has 2 atom stereocenters. The standard InChI is InChI=1S/C11H20BrNO3/c1-3-11(2,4-5-12)13-10(14)9-8-15-6-7-16-9/h9H,3-8H2,1-2H3,(H,13,14). The third-order valence-corrected chi connectivity index (χ3v) is 3.36. The van der Waals surface area contributed by atoms with Crippen molar-refractivity contribution in [3.8, 4) is 0 Å². The predicted molar refractivity (Wildman–Crippen MR) is 65.8 cm³/mol. The lowest BCUT2D eigenvalue weighted by Crippen LogP contribution is -2.52. The number of ether oxygens (including phenoxy) is 2. The first-order valence-corrected chi connectivity index (χ1v) is 6.81. The van der Waals surface area contributed by atoms with Gasteiger partial charge in [-0.25, -0.2) is 0 Å². The highest BCUT2D eigenvalue weighted by atomic mass is 79.9. The average molecular weight is 294 g/mol. The largest absolute Gasteiger partial charge is 0.376 e. The van der Waals surface area contributed by atoms with Crippen LogP contribution in [0, 0.1) is 0 Å². The number of nitrogens with one attached hydrogen (secondary N) is 1. The van der Waals surface area contributed by atoms with E-state index in [2.05, 4.69) is 35.1 Å². The molecule has 0 aromatic carbocycles. The zero-order chi connectivity index (χ0) is 12.0. The van der Waals surface area contributed by atoms with E-state index >= 15 is 0 Å². The number of halogens is 1. The van der Waals surface area contributed by atoms with Crippen LogP contribution in [0.4, 0.5) is 0 Å². The van der Waals surface area contributed by atoms with Gasteiger partial charge in [-0.05, 0) is 19.8 Å². The quantitative estimate of drug-likeness (QED) is 0.781. The normalized spacial score (nSPS) is 24.8. The maximum Gasteiger partial charge on any atom is 0.251 e. The van der Waals surface area contributed by atoms with Crippen LogP contribution >= 0.6 is 15.9 Å². The molecule has 94 valence electrons. The fourth-order valence-electron chi connectivity index (χ4n) is 1.55. The second kappa shape index (κ2) is 6.57. The Balaban J connectivity index is 2.47. The zero-order valence-electron chi connectivity index (χ0n) is 9.92. The van der Waals surface area contributed by atoms with Crippen LogP contribution in [-0.4, -0.2) is 42.7 Å². The van der Waals surface area contributed by atoms with Crippen molar-refractivity contribution in [2.24, 2.45) is 0 Å². The van der Waals surface area contributed by atoms with E-state index in [1.165, 1.54) is 0 Å². The van der Waals surface area contributed by atoms with Gasteiger partial charge in [0.15, 0.2) is 6.10 Å². The third-order valence-electron chi connectivity index (χ3n) is 2.96. The molecule has 0 bridgehead atoms. The van der Waals surface area contributed by atoms with E-state index in [0.29, 0.717) is 19.8 Å². The second-order valence-electron chi connectivity index (χ2n) is 4.28. The molecule has 1 amide bonds. The molecule has 4 nitrogen and oxygen atoms in total. The summed E-state index contributed by atoms with van der Waals surface area (Å²) in [6.07, 6.45) is 1.36. The highest BCUT2D eigenvalue weighted by Gasteiger charge is 2.29. The molecule has 0 radical (unpaired) electrons. The van der Waals surface area contributed by atoms with Crippen LogP contribution < -0.4 is 5.32 Å². The Morgan fingerprint density at radius 2 is 2.31 bits per heavy atom. The van der Waals surface area contributed by atoms with E-state index in [4.69, 9.17) is 9.47 Å². The van der Waals surface area contributed by atoms with Gasteiger partial charge in [-0.1, -0.05) is 22.9 Å². The van der Waals surface area contributed by atoms with Crippen LogP contribution in [0.2, 0.25) is 0 Å². The maximum absolute atomic E-state index is 11.9. The Bertz CT molecular complexity index is 231. The summed E-state index contributed by atoms with van der Waals surface area (Å²) >= 11 is 3.40. The Morgan fingerprint density at radius 1 is 1.56 bits per heavy atom. The molecule has 5 heteroatoms. The second-order valence-corrected chi connectivity index (χ2v) is 5.07. The first-order chi connectivity index (χ1) is 7.61. The number of hydrogen-bond acceptors (Lipinski definition) is 3. The highest BCUT2D eigenvalue weighted by molar-refractivity contribution is 9.09. The van der Waals surface area contributed by atoms with E-state index in [9.17, 15) is 4.79 Å². The monoisotopic (exact) mass is 293 g/mol. The Kier molecular flexibility index (Phi) is 5.72. The summed E-state index contributed by atoms with van der Waals surface area (Å²) in [6, 6.07) is 0. The molecule has 2 unspecified atom stereocenters. The summed E-state index contributed by atoms with van der Waals surface area (Å²) in [6.45, 7) is 5.56. The number of amides is 1. The number of alkyl halides is 1. The molecule has 0 spiro atoms. The lowest BCUT2D eigenvalue weighted by Gasteiger charge is -2.32. The smallest absolute Gasteiger partial charge is 0.251 e. The fourth-order valence-corrected chi connectivity index (χ4v) is 2.43. The molecule has 0 aromatic rings. The first kappa shape index (κ1) is 13.9. The molecular weight excluding hydrogens is 274 g/mol. The minimum Gasteiger partial charge on any atom is -0.376 e. The van der Waals surface area contributed by atoms with E-state index in [1.54, 1.807) is 0 Å². The Morgan fingerprint density at radius 3 is 2.81 bits per heavy atom. The summed E-state index contributed by atoms with van der Waals surface area (Å²) < 4.78 is 10.6. The van der Waals surface area contributed by atoms with Crippen LogP contribution in [-0.2, 0) is 14.3 Å². The van der Waals surface area contributed by atoms with E-state index in [0.717, 1.165) is 18.2 Å². The molecule has 0 saturated carbocycles. The zero-order valence-corrected chi connectivity index (χ0v) is 11.5. The average Bonchev–Trinajstić information content (AvgIpc) is 2.30. The molecule has 1 aliphatic rings. The van der Waals surface area contributed by atoms with Crippen molar-refractivity contribution < 1.29 is 14.3 Å². The number of carbonyl (C=O) groups is 1. The molecular formula is C11H20BrNO3. The van der Waals surface area contributed by atoms with Crippen LogP contribution in [0.15, 0.2) is 0 Å². The molecule has 16 heavy (non-hydrogen) atoms. The van der Waals surface area contributed by atoms with Gasteiger partial charge in [0.25, 0.3) is 5.91 Å². The minimum absolute atomic E-state index is 0.0648. The van der Waals surface area contributed by atoms with Gasteiger partial charge in [-0.3, -0.25) is 4.79 Å². The maximum atomic E-state index is 11.9. The third kappa shape index (κ3) is 4.03. The topological polar surface area (TPSA) is 47.6 Å². The Hall–Kier alpha value is -0.130. The highest BCUT2D eigenvalue weighted by Crippen LogP contribution is 2.16. The van der Waals surface area contributed by atoms with Gasteiger partial charge >= 0.3 is 0 Å². The predicted octanol–water partition coefficient (Wildman–Crippen LogP) is 1.47. The van der Waals surface area contributed by atoms with Crippen molar-refractivity contribution in [3.63, 3.8) is 0 Å². The van der Waals surface area contributed by atoms with Gasteiger partial charge in [0, 0.05) is 10.9 Å². The SMILES string of the molecule is CCC(C)(CCBr)NC(=O)C1COCCO1. The van der Waals surface area contributed by atoms with Crippen molar-refractivity contribution >= 4 is 21.8 Å². The van der Waals surface area contributed by atoms with Crippen LogP contribution in [0.3, 0.4) is 0 Å². The summed E-state index contributed by atoms with van der Waals surface area (Å²) in [7, 11) is 0. The molecule has 1 fully saturated rings. The van der Waals surface area contributed by atoms with Gasteiger partial charge < -0.3 is 14.8 Å². The number of rotatable bonds is 5. The molecule has 0 aromatic heterocycles. The molecule has 0 aliphatic carbocycles. The van der Waals surface area contributed by atoms with E-state index in [1.807, 2.05) is 0 Å². The van der Waals surface area contributed by atoms with E-state index in [-0.39, 0.29) is 11.4 Å². The summed E-state index contributed by atoms with van der Waals surface area (Å²) in [5.74, 6) is -0.0648. The number of hydrogen-bond donors (Lipinski definition) is 1. The fraction of sp³-hybridized carbons (Fsp3) is 0.909. The Labute approximate surface area is 105 Å². The van der Waals surface area contributed by atoms with Gasteiger partial charge in [0.1, 0.15) is 0 Å². The van der Waals surface area contributed by atoms with Crippen molar-refractivity contribution in [2.75, 3.05) is 25.2 Å². The van der Waals surface area contributed by atoms with Crippen LogP contribution in [0.25, 0.3) is 0 Å². The summed E-state index contributed by atoms with van der Waals surface area (Å²) in [5.41, 5.74) is -0.165. The lowest BCUT2D eigenvalue weighted by molar-refractivity contribution is -0.149. The van der Waals surface area contributed by atoms with Crippen LogP contribution in [0.1, 0.15) is 26.7 Å². The summed E-state index contributed by atoms with van der Waals surface area (Å²) in [4.78, 5) is 11.9. The molecule has 1 heterocycles. The van der Waals surface area contributed by atoms with Gasteiger partial charge in [0.2, 0.25) is 0 Å². The minimum atomic E-state index is -0.449.